The van der Waals surface area contributed by atoms with Gasteiger partial charge in [-0.2, -0.15) is 0 Å². The van der Waals surface area contributed by atoms with Crippen LogP contribution in [0.25, 0.3) is 11.0 Å². The lowest BCUT2D eigenvalue weighted by Crippen LogP contribution is -2.08. The molecule has 0 bridgehead atoms. The van der Waals surface area contributed by atoms with Gasteiger partial charge >= 0.3 is 0 Å². The van der Waals surface area contributed by atoms with Gasteiger partial charge in [0.05, 0.1) is 27.0 Å². The highest BCUT2D eigenvalue weighted by Crippen LogP contribution is 2.28. The Bertz CT molecular complexity index is 793. The van der Waals surface area contributed by atoms with Crippen molar-refractivity contribution in [1.82, 2.24) is 24.3 Å². The van der Waals surface area contributed by atoms with Gasteiger partial charge in [-0.1, -0.05) is 23.2 Å². The summed E-state index contributed by atoms with van der Waals surface area (Å²) in [4.78, 5) is 4.50. The van der Waals surface area contributed by atoms with E-state index in [0.717, 1.165) is 29.1 Å². The summed E-state index contributed by atoms with van der Waals surface area (Å²) < 4.78 is 3.93. The lowest BCUT2D eigenvalue weighted by molar-refractivity contribution is 0.645. The number of imidazole rings is 1. The summed E-state index contributed by atoms with van der Waals surface area (Å²) in [6.45, 7) is 0.697. The van der Waals surface area contributed by atoms with Gasteiger partial charge in [0, 0.05) is 20.0 Å². The minimum absolute atomic E-state index is 0.322. The third-order valence-electron chi connectivity index (χ3n) is 3.35. The fourth-order valence-corrected chi connectivity index (χ4v) is 2.79. The van der Waals surface area contributed by atoms with Crippen molar-refractivity contribution >= 4 is 45.8 Å². The van der Waals surface area contributed by atoms with Crippen LogP contribution in [-0.2, 0) is 25.9 Å². The summed E-state index contributed by atoms with van der Waals surface area (Å²) in [5.41, 5.74) is 1.71. The van der Waals surface area contributed by atoms with Crippen LogP contribution < -0.4 is 0 Å². The summed E-state index contributed by atoms with van der Waals surface area (Å²) in [6, 6.07) is 3.58. The van der Waals surface area contributed by atoms with Crippen molar-refractivity contribution in [2.75, 3.05) is 0 Å². The fourth-order valence-electron chi connectivity index (χ4n) is 2.27. The highest BCUT2D eigenvalue weighted by atomic mass is 35.5. The summed E-state index contributed by atoms with van der Waals surface area (Å²) in [5, 5.41) is 8.95. The average Bonchev–Trinajstić information content (AvgIpc) is 3.01. The van der Waals surface area contributed by atoms with Gasteiger partial charge in [0.2, 0.25) is 0 Å². The lowest BCUT2D eigenvalue weighted by atomic mass is 10.3. The maximum absolute atomic E-state index is 6.10. The van der Waals surface area contributed by atoms with Crippen molar-refractivity contribution in [3.8, 4) is 0 Å². The van der Waals surface area contributed by atoms with Gasteiger partial charge in [-0.3, -0.25) is 0 Å². The molecule has 5 nitrogen and oxygen atoms in total. The Morgan fingerprint density at radius 2 is 1.90 bits per heavy atom. The highest BCUT2D eigenvalue weighted by Gasteiger charge is 2.13. The fraction of sp³-hybridized carbons (Fsp3) is 0.308. The first-order valence-corrected chi connectivity index (χ1v) is 7.62. The van der Waals surface area contributed by atoms with Crippen molar-refractivity contribution in [1.29, 1.82) is 0 Å². The third-order valence-corrected chi connectivity index (χ3v) is 4.31. The molecule has 0 unspecified atom stereocenters. The number of benzene rings is 1. The Hall–Kier alpha value is -1.30. The quantitative estimate of drug-likeness (QED) is 0.681. The summed E-state index contributed by atoms with van der Waals surface area (Å²) in [6.07, 6.45) is 2.41. The molecule has 2 heterocycles. The van der Waals surface area contributed by atoms with E-state index < -0.39 is 0 Å². The van der Waals surface area contributed by atoms with Crippen molar-refractivity contribution in [3.05, 3.63) is 40.2 Å². The average molecular weight is 345 g/mol. The zero-order valence-corrected chi connectivity index (χ0v) is 13.5. The van der Waals surface area contributed by atoms with Gasteiger partial charge in [-0.25, -0.2) is 4.98 Å². The number of aryl methyl sites for hydroxylation is 3. The van der Waals surface area contributed by atoms with Gasteiger partial charge in [-0.05, 0) is 12.1 Å². The number of halogens is 3. The van der Waals surface area contributed by atoms with Crippen LogP contribution in [0, 0.1) is 0 Å². The van der Waals surface area contributed by atoms with Crippen LogP contribution in [0.5, 0.6) is 0 Å². The molecule has 0 aliphatic carbocycles. The lowest BCUT2D eigenvalue weighted by Gasteiger charge is -2.07. The standard InChI is InChI=1S/C13H12Cl3N5/c1-20-7-17-19-12(20)2-3-21-11-5-9(16)8(15)4-10(11)18-13(21)6-14/h4-5,7H,2-3,6H2,1H3. The Morgan fingerprint density at radius 3 is 2.57 bits per heavy atom. The molecule has 8 heteroatoms. The van der Waals surface area contributed by atoms with Crippen LogP contribution in [0.3, 0.4) is 0 Å². The van der Waals surface area contributed by atoms with Gasteiger partial charge < -0.3 is 9.13 Å². The van der Waals surface area contributed by atoms with E-state index in [2.05, 4.69) is 15.2 Å². The van der Waals surface area contributed by atoms with E-state index in [4.69, 9.17) is 34.8 Å². The van der Waals surface area contributed by atoms with Crippen molar-refractivity contribution in [3.63, 3.8) is 0 Å². The normalized spacial score (nSPS) is 11.4. The van der Waals surface area contributed by atoms with Crippen LogP contribution >= 0.6 is 34.8 Å². The van der Waals surface area contributed by atoms with Crippen molar-refractivity contribution in [2.45, 2.75) is 18.8 Å². The number of hydrogen-bond acceptors (Lipinski definition) is 3. The molecule has 0 fully saturated rings. The molecule has 1 aromatic carbocycles. The maximum Gasteiger partial charge on any atom is 0.134 e. The molecule has 0 atom stereocenters. The van der Waals surface area contributed by atoms with Crippen LogP contribution in [0.2, 0.25) is 10.0 Å². The number of rotatable bonds is 4. The SMILES string of the molecule is Cn1cnnc1CCn1c(CCl)nc2cc(Cl)c(Cl)cc21. The molecule has 0 amide bonds. The van der Waals surface area contributed by atoms with E-state index in [0.29, 0.717) is 22.5 Å². The minimum atomic E-state index is 0.322. The second kappa shape index (κ2) is 5.83. The first-order valence-electron chi connectivity index (χ1n) is 6.33. The van der Waals surface area contributed by atoms with Crippen LogP contribution in [0.1, 0.15) is 11.6 Å². The molecule has 110 valence electrons. The Morgan fingerprint density at radius 1 is 1.14 bits per heavy atom. The monoisotopic (exact) mass is 343 g/mol. The molecule has 2 aromatic heterocycles. The first kappa shape index (κ1) is 14.6. The molecule has 0 saturated heterocycles. The number of fused-ring (bicyclic) bond motifs is 1. The van der Waals surface area contributed by atoms with Crippen molar-refractivity contribution in [2.24, 2.45) is 7.05 Å². The van der Waals surface area contributed by atoms with Gasteiger partial charge in [-0.15, -0.1) is 21.8 Å². The summed E-state index contributed by atoms with van der Waals surface area (Å²) >= 11 is 18.1. The zero-order chi connectivity index (χ0) is 15.0. The molecule has 3 rings (SSSR count). The van der Waals surface area contributed by atoms with Gasteiger partial charge in [0.15, 0.2) is 0 Å². The second-order valence-corrected chi connectivity index (χ2v) is 5.76. The Kier molecular flexibility index (Phi) is 4.06. The maximum atomic E-state index is 6.10. The molecule has 0 N–H and O–H groups in total. The largest absolute Gasteiger partial charge is 0.326 e. The molecule has 21 heavy (non-hydrogen) atoms. The number of nitrogens with zero attached hydrogens (tertiary/aromatic N) is 5. The van der Waals surface area contributed by atoms with Crippen molar-refractivity contribution < 1.29 is 0 Å². The molecule has 0 saturated carbocycles. The van der Waals surface area contributed by atoms with Gasteiger partial charge in [0.25, 0.3) is 0 Å². The smallest absolute Gasteiger partial charge is 0.134 e. The van der Waals surface area contributed by atoms with E-state index in [-0.39, 0.29) is 0 Å². The van der Waals surface area contributed by atoms with E-state index in [1.807, 2.05) is 22.2 Å². The molecular weight excluding hydrogens is 333 g/mol. The molecule has 3 aromatic rings. The number of alkyl halides is 1. The minimum Gasteiger partial charge on any atom is -0.326 e. The summed E-state index contributed by atoms with van der Waals surface area (Å²) in [5.74, 6) is 2.01. The molecule has 0 aliphatic rings. The second-order valence-electron chi connectivity index (χ2n) is 4.68. The van der Waals surface area contributed by atoms with Crippen LogP contribution in [0.15, 0.2) is 18.5 Å². The zero-order valence-electron chi connectivity index (χ0n) is 11.2. The summed E-state index contributed by atoms with van der Waals surface area (Å²) in [7, 11) is 1.92. The van der Waals surface area contributed by atoms with E-state index in [1.165, 1.54) is 0 Å². The molecule has 0 aliphatic heterocycles. The van der Waals surface area contributed by atoms with Gasteiger partial charge in [0.1, 0.15) is 18.0 Å². The van der Waals surface area contributed by atoms with E-state index in [1.54, 1.807) is 12.4 Å². The van der Waals surface area contributed by atoms with Crippen LogP contribution in [0.4, 0.5) is 0 Å². The Balaban J connectivity index is 2.00. The molecule has 0 radical (unpaired) electrons. The third kappa shape index (κ3) is 2.73. The number of aromatic nitrogens is 5. The topological polar surface area (TPSA) is 48.5 Å². The molecular formula is C13H12Cl3N5. The van der Waals surface area contributed by atoms with Crippen LogP contribution in [-0.4, -0.2) is 24.3 Å². The number of hydrogen-bond donors (Lipinski definition) is 0. The first-order chi connectivity index (χ1) is 10.1. The Labute approximate surface area is 136 Å². The molecule has 0 spiro atoms. The highest BCUT2D eigenvalue weighted by molar-refractivity contribution is 6.42. The predicted octanol–water partition coefficient (Wildman–Crippen LogP) is 3.45. The van der Waals surface area contributed by atoms with E-state index >= 15 is 0 Å². The van der Waals surface area contributed by atoms with E-state index in [9.17, 15) is 0 Å². The predicted molar refractivity (Wildman–Crippen MR) is 84.0 cm³/mol.